The summed E-state index contributed by atoms with van der Waals surface area (Å²) in [6.07, 6.45) is 2.25. The van der Waals surface area contributed by atoms with Crippen molar-refractivity contribution in [1.82, 2.24) is 9.78 Å². The first kappa shape index (κ1) is 11.0. The molecule has 6 heteroatoms. The number of aryl methyl sites for hydroxylation is 1. The zero-order chi connectivity index (χ0) is 11.4. The van der Waals surface area contributed by atoms with Gasteiger partial charge in [0.15, 0.2) is 0 Å². The average Bonchev–Trinajstić information content (AvgIpc) is 2.63. The van der Waals surface area contributed by atoms with Crippen LogP contribution in [0, 0.1) is 0 Å². The van der Waals surface area contributed by atoms with Gasteiger partial charge in [-0.15, -0.1) is 0 Å². The summed E-state index contributed by atoms with van der Waals surface area (Å²) in [5.41, 5.74) is 0.340. The van der Waals surface area contributed by atoms with Gasteiger partial charge in [-0.25, -0.2) is 4.79 Å². The van der Waals surface area contributed by atoms with E-state index < -0.39 is 11.8 Å². The van der Waals surface area contributed by atoms with Crippen molar-refractivity contribution in [2.24, 2.45) is 7.05 Å². The molecule has 0 bridgehead atoms. The van der Waals surface area contributed by atoms with E-state index in [-0.39, 0.29) is 5.76 Å². The summed E-state index contributed by atoms with van der Waals surface area (Å²) in [6.45, 7) is 0. The van der Waals surface area contributed by atoms with Crippen molar-refractivity contribution in [3.05, 3.63) is 24.0 Å². The third-order valence-corrected chi connectivity index (χ3v) is 1.74. The second kappa shape index (κ2) is 4.41. The maximum absolute atomic E-state index is 11.1. The van der Waals surface area contributed by atoms with Crippen LogP contribution in [-0.4, -0.2) is 33.7 Å². The zero-order valence-electron chi connectivity index (χ0n) is 8.30. The molecule has 15 heavy (non-hydrogen) atoms. The Morgan fingerprint density at radius 3 is 2.73 bits per heavy atom. The van der Waals surface area contributed by atoms with E-state index in [1.54, 1.807) is 7.05 Å². The quantitative estimate of drug-likeness (QED) is 0.330. The smallest absolute Gasteiger partial charge is 0.378 e. The van der Waals surface area contributed by atoms with Crippen LogP contribution in [0.15, 0.2) is 18.3 Å². The summed E-state index contributed by atoms with van der Waals surface area (Å²) in [5.74, 6) is -2.27. The molecule has 0 unspecified atom stereocenters. The largest absolute Gasteiger partial charge is 0.506 e. The highest BCUT2D eigenvalue weighted by atomic mass is 16.5. The van der Waals surface area contributed by atoms with Crippen LogP contribution in [0.5, 0.6) is 0 Å². The Bertz CT molecular complexity index is 420. The lowest BCUT2D eigenvalue weighted by Gasteiger charge is -1.99. The summed E-state index contributed by atoms with van der Waals surface area (Å²) in [4.78, 5) is 21.8. The van der Waals surface area contributed by atoms with E-state index in [4.69, 9.17) is 0 Å². The minimum absolute atomic E-state index is 0.328. The molecule has 1 N–H and O–H groups in total. The van der Waals surface area contributed by atoms with E-state index in [0.717, 1.165) is 13.2 Å². The lowest BCUT2D eigenvalue weighted by atomic mass is 10.2. The van der Waals surface area contributed by atoms with Gasteiger partial charge in [-0.3, -0.25) is 9.48 Å². The van der Waals surface area contributed by atoms with Gasteiger partial charge in [0.1, 0.15) is 11.5 Å². The standard InChI is InChI=1S/C9H10N2O4/c1-11-6(3-4-10-11)7(12)5-8(13)9(14)15-2/h3-5,12H,1-2H3. The van der Waals surface area contributed by atoms with Crippen LogP contribution in [0.1, 0.15) is 5.69 Å². The Labute approximate surface area is 85.8 Å². The van der Waals surface area contributed by atoms with Crippen LogP contribution in [0.25, 0.3) is 5.76 Å². The zero-order valence-corrected chi connectivity index (χ0v) is 8.30. The molecule has 0 atom stereocenters. The fourth-order valence-electron chi connectivity index (χ4n) is 0.983. The van der Waals surface area contributed by atoms with E-state index in [0.29, 0.717) is 5.69 Å². The van der Waals surface area contributed by atoms with Gasteiger partial charge in [-0.2, -0.15) is 5.10 Å². The second-order valence-corrected chi connectivity index (χ2v) is 2.73. The SMILES string of the molecule is COC(=O)C(=O)C=C(O)c1ccnn1C. The number of esters is 1. The molecule has 1 heterocycles. The number of methoxy groups -OCH3 is 1. The Morgan fingerprint density at radius 2 is 2.27 bits per heavy atom. The second-order valence-electron chi connectivity index (χ2n) is 2.73. The predicted molar refractivity (Wildman–Crippen MR) is 50.8 cm³/mol. The summed E-state index contributed by atoms with van der Waals surface area (Å²) in [7, 11) is 2.69. The van der Waals surface area contributed by atoms with Crippen molar-refractivity contribution in [3.63, 3.8) is 0 Å². The van der Waals surface area contributed by atoms with Gasteiger partial charge in [-0.05, 0) is 6.07 Å². The molecule has 1 aromatic rings. The van der Waals surface area contributed by atoms with Crippen molar-refractivity contribution in [2.75, 3.05) is 7.11 Å². The van der Waals surface area contributed by atoms with E-state index in [1.807, 2.05) is 0 Å². The molecule has 0 amide bonds. The van der Waals surface area contributed by atoms with Crippen molar-refractivity contribution < 1.29 is 19.4 Å². The highest BCUT2D eigenvalue weighted by Crippen LogP contribution is 2.08. The van der Waals surface area contributed by atoms with Crippen LogP contribution in [0.4, 0.5) is 0 Å². The number of hydrogen-bond acceptors (Lipinski definition) is 5. The minimum atomic E-state index is -1.02. The first-order valence-corrected chi connectivity index (χ1v) is 4.07. The van der Waals surface area contributed by atoms with Crippen LogP contribution in [-0.2, 0) is 21.4 Å². The summed E-state index contributed by atoms with van der Waals surface area (Å²) in [5, 5.41) is 13.3. The van der Waals surface area contributed by atoms with Crippen LogP contribution in [0.2, 0.25) is 0 Å². The maximum atomic E-state index is 11.1. The van der Waals surface area contributed by atoms with E-state index >= 15 is 0 Å². The lowest BCUT2D eigenvalue weighted by molar-refractivity contribution is -0.149. The highest BCUT2D eigenvalue weighted by Gasteiger charge is 2.13. The summed E-state index contributed by atoms with van der Waals surface area (Å²) in [6, 6.07) is 1.51. The van der Waals surface area contributed by atoms with Crippen molar-refractivity contribution >= 4 is 17.5 Å². The van der Waals surface area contributed by atoms with Crippen LogP contribution >= 0.6 is 0 Å². The monoisotopic (exact) mass is 210 g/mol. The maximum Gasteiger partial charge on any atom is 0.378 e. The molecule has 0 saturated carbocycles. The van der Waals surface area contributed by atoms with Crippen molar-refractivity contribution in [3.8, 4) is 0 Å². The minimum Gasteiger partial charge on any atom is -0.506 e. The molecule has 0 fully saturated rings. The Balaban J connectivity index is 2.90. The third-order valence-electron chi connectivity index (χ3n) is 1.74. The van der Waals surface area contributed by atoms with E-state index in [9.17, 15) is 14.7 Å². The summed E-state index contributed by atoms with van der Waals surface area (Å²) >= 11 is 0. The summed E-state index contributed by atoms with van der Waals surface area (Å²) < 4.78 is 5.57. The molecule has 0 saturated heterocycles. The normalized spacial score (nSPS) is 11.2. The molecule has 0 aromatic carbocycles. The van der Waals surface area contributed by atoms with E-state index in [1.165, 1.54) is 16.9 Å². The van der Waals surface area contributed by atoms with Crippen molar-refractivity contribution in [1.29, 1.82) is 0 Å². The Kier molecular flexibility index (Phi) is 3.22. The number of rotatable bonds is 3. The molecule has 1 aromatic heterocycles. The van der Waals surface area contributed by atoms with Crippen LogP contribution < -0.4 is 0 Å². The van der Waals surface area contributed by atoms with Gasteiger partial charge in [0, 0.05) is 19.3 Å². The van der Waals surface area contributed by atoms with Gasteiger partial charge in [0.25, 0.3) is 5.78 Å². The molecule has 6 nitrogen and oxygen atoms in total. The molecule has 0 radical (unpaired) electrons. The Hall–Kier alpha value is -2.11. The first-order valence-electron chi connectivity index (χ1n) is 4.07. The number of aliphatic hydroxyl groups is 1. The number of hydrogen-bond donors (Lipinski definition) is 1. The number of aliphatic hydroxyl groups excluding tert-OH is 1. The number of ketones is 1. The molecule has 1 rings (SSSR count). The van der Waals surface area contributed by atoms with Gasteiger partial charge >= 0.3 is 5.97 Å². The first-order chi connectivity index (χ1) is 7.06. The molecule has 0 aliphatic carbocycles. The molecule has 0 spiro atoms. The molecule has 0 aliphatic heterocycles. The number of aromatic nitrogens is 2. The molecule has 0 aliphatic rings. The van der Waals surface area contributed by atoms with Gasteiger partial charge in [0.2, 0.25) is 0 Å². The average molecular weight is 210 g/mol. The lowest BCUT2D eigenvalue weighted by Crippen LogP contribution is -2.13. The van der Waals surface area contributed by atoms with Gasteiger partial charge < -0.3 is 9.84 Å². The fourth-order valence-corrected chi connectivity index (χ4v) is 0.983. The Morgan fingerprint density at radius 1 is 1.60 bits per heavy atom. The number of ether oxygens (including phenoxy) is 1. The van der Waals surface area contributed by atoms with E-state index in [2.05, 4.69) is 9.84 Å². The topological polar surface area (TPSA) is 81.4 Å². The number of carbonyl (C=O) groups excluding carboxylic acids is 2. The predicted octanol–water partition coefficient (Wildman–Crippen LogP) is 0.0611. The fraction of sp³-hybridized carbons (Fsp3) is 0.222. The number of nitrogens with zero attached hydrogens (tertiary/aromatic N) is 2. The van der Waals surface area contributed by atoms with Crippen LogP contribution in [0.3, 0.4) is 0 Å². The highest BCUT2D eigenvalue weighted by molar-refractivity contribution is 6.39. The van der Waals surface area contributed by atoms with Crippen molar-refractivity contribution in [2.45, 2.75) is 0 Å². The number of carbonyl (C=O) groups is 2. The molecular weight excluding hydrogens is 200 g/mol. The third kappa shape index (κ3) is 2.43. The molecule has 80 valence electrons. The van der Waals surface area contributed by atoms with Gasteiger partial charge in [-0.1, -0.05) is 0 Å². The van der Waals surface area contributed by atoms with Gasteiger partial charge in [0.05, 0.1) is 7.11 Å². The molecular formula is C9H10N2O4.